The van der Waals surface area contributed by atoms with E-state index < -0.39 is 5.60 Å². The van der Waals surface area contributed by atoms with Crippen molar-refractivity contribution in [1.29, 1.82) is 0 Å². The van der Waals surface area contributed by atoms with E-state index in [1.54, 1.807) is 4.90 Å². The summed E-state index contributed by atoms with van der Waals surface area (Å²) in [5.74, 6) is 0.439. The van der Waals surface area contributed by atoms with Crippen molar-refractivity contribution >= 4 is 11.9 Å². The largest absolute Gasteiger partial charge is 0.444 e. The highest BCUT2D eigenvalue weighted by Crippen LogP contribution is 2.22. The SMILES string of the molecule is CC(C)(C)OC(=O)N1CCC(C(=O)CCCc2ccccc2)CC1. The van der Waals surface area contributed by atoms with Gasteiger partial charge in [-0.3, -0.25) is 4.79 Å². The Balaban J connectivity index is 1.70. The highest BCUT2D eigenvalue weighted by molar-refractivity contribution is 5.81. The molecule has 0 atom stereocenters. The highest BCUT2D eigenvalue weighted by Gasteiger charge is 2.29. The molecule has 0 aromatic heterocycles. The Labute approximate surface area is 145 Å². The first-order valence-electron chi connectivity index (χ1n) is 8.90. The summed E-state index contributed by atoms with van der Waals surface area (Å²) in [6.07, 6.45) is 3.72. The van der Waals surface area contributed by atoms with Crippen LogP contribution >= 0.6 is 0 Å². The lowest BCUT2D eigenvalue weighted by molar-refractivity contribution is -0.124. The number of hydrogen-bond donors (Lipinski definition) is 0. The molecule has 1 fully saturated rings. The number of likely N-dealkylation sites (tertiary alicyclic amines) is 1. The average molecular weight is 331 g/mol. The van der Waals surface area contributed by atoms with Crippen LogP contribution in [0.15, 0.2) is 30.3 Å². The van der Waals surface area contributed by atoms with Crippen molar-refractivity contribution < 1.29 is 14.3 Å². The summed E-state index contributed by atoms with van der Waals surface area (Å²) < 4.78 is 5.39. The van der Waals surface area contributed by atoms with Crippen LogP contribution in [-0.4, -0.2) is 35.5 Å². The minimum atomic E-state index is -0.471. The number of aryl methyl sites for hydroxylation is 1. The zero-order valence-corrected chi connectivity index (χ0v) is 15.1. The van der Waals surface area contributed by atoms with Crippen LogP contribution in [0.5, 0.6) is 0 Å². The molecular formula is C20H29NO3. The van der Waals surface area contributed by atoms with Gasteiger partial charge in [0.15, 0.2) is 0 Å². The van der Waals surface area contributed by atoms with Crippen molar-refractivity contribution in [2.75, 3.05) is 13.1 Å². The number of benzene rings is 1. The second-order valence-corrected chi connectivity index (χ2v) is 7.55. The molecular weight excluding hydrogens is 302 g/mol. The van der Waals surface area contributed by atoms with Gasteiger partial charge in [-0.25, -0.2) is 4.79 Å². The summed E-state index contributed by atoms with van der Waals surface area (Å²) in [5, 5.41) is 0. The Morgan fingerprint density at radius 2 is 1.75 bits per heavy atom. The lowest BCUT2D eigenvalue weighted by Crippen LogP contribution is -2.42. The van der Waals surface area contributed by atoms with E-state index >= 15 is 0 Å². The minimum Gasteiger partial charge on any atom is -0.444 e. The Morgan fingerprint density at radius 3 is 2.33 bits per heavy atom. The fraction of sp³-hybridized carbons (Fsp3) is 0.600. The number of ketones is 1. The van der Waals surface area contributed by atoms with Crippen LogP contribution in [0.25, 0.3) is 0 Å². The summed E-state index contributed by atoms with van der Waals surface area (Å²) in [5.41, 5.74) is 0.811. The standard InChI is InChI=1S/C20H29NO3/c1-20(2,3)24-19(23)21-14-12-17(13-15-21)18(22)11-7-10-16-8-5-4-6-9-16/h4-6,8-9,17H,7,10-15H2,1-3H3. The molecule has 0 spiro atoms. The average Bonchev–Trinajstić information content (AvgIpc) is 2.54. The molecule has 1 amide bonds. The van der Waals surface area contributed by atoms with Gasteiger partial charge in [0, 0.05) is 25.4 Å². The van der Waals surface area contributed by atoms with Crippen LogP contribution in [0.2, 0.25) is 0 Å². The molecule has 4 nitrogen and oxygen atoms in total. The van der Waals surface area contributed by atoms with E-state index in [0.29, 0.717) is 25.3 Å². The van der Waals surface area contributed by atoms with Crippen molar-refractivity contribution in [3.63, 3.8) is 0 Å². The van der Waals surface area contributed by atoms with Crippen molar-refractivity contribution in [2.45, 2.75) is 58.5 Å². The number of carbonyl (C=O) groups excluding carboxylic acids is 2. The molecule has 24 heavy (non-hydrogen) atoms. The third kappa shape index (κ3) is 5.99. The predicted octanol–water partition coefficient (Wildman–Crippen LogP) is 4.23. The third-order valence-electron chi connectivity index (χ3n) is 4.33. The number of ether oxygens (including phenoxy) is 1. The van der Waals surface area contributed by atoms with Gasteiger partial charge >= 0.3 is 6.09 Å². The third-order valence-corrected chi connectivity index (χ3v) is 4.33. The topological polar surface area (TPSA) is 46.6 Å². The smallest absolute Gasteiger partial charge is 0.410 e. The molecule has 4 heteroatoms. The molecule has 2 rings (SSSR count). The monoisotopic (exact) mass is 331 g/mol. The van der Waals surface area contributed by atoms with Crippen molar-refractivity contribution in [3.8, 4) is 0 Å². The molecule has 0 bridgehead atoms. The predicted molar refractivity (Wildman–Crippen MR) is 94.9 cm³/mol. The maximum Gasteiger partial charge on any atom is 0.410 e. The first-order valence-corrected chi connectivity index (χ1v) is 8.90. The van der Waals surface area contributed by atoms with E-state index in [0.717, 1.165) is 25.7 Å². The molecule has 1 aromatic rings. The number of rotatable bonds is 5. The van der Waals surface area contributed by atoms with E-state index in [-0.39, 0.29) is 12.0 Å². The molecule has 0 unspecified atom stereocenters. The van der Waals surface area contributed by atoms with Gasteiger partial charge in [-0.2, -0.15) is 0 Å². The zero-order chi connectivity index (χ0) is 17.6. The number of nitrogens with zero attached hydrogens (tertiary/aromatic N) is 1. The van der Waals surface area contributed by atoms with Crippen LogP contribution in [0.4, 0.5) is 4.79 Å². The van der Waals surface area contributed by atoms with Crippen molar-refractivity contribution in [2.24, 2.45) is 5.92 Å². The van der Waals surface area contributed by atoms with E-state index in [9.17, 15) is 9.59 Å². The van der Waals surface area contributed by atoms with E-state index in [1.165, 1.54) is 5.56 Å². The number of Topliss-reactive ketones (excluding diaryl/α,β-unsaturated/α-hetero) is 1. The van der Waals surface area contributed by atoms with Gasteiger partial charge in [0.1, 0.15) is 11.4 Å². The Bertz CT molecular complexity index is 540. The fourth-order valence-electron chi connectivity index (χ4n) is 3.03. The first-order chi connectivity index (χ1) is 11.3. The van der Waals surface area contributed by atoms with Gasteiger partial charge in [-0.05, 0) is 52.0 Å². The zero-order valence-electron chi connectivity index (χ0n) is 15.1. The van der Waals surface area contributed by atoms with Gasteiger partial charge in [0.25, 0.3) is 0 Å². The van der Waals surface area contributed by atoms with Gasteiger partial charge in [-0.15, -0.1) is 0 Å². The minimum absolute atomic E-state index is 0.0967. The van der Waals surface area contributed by atoms with Crippen LogP contribution in [0, 0.1) is 5.92 Å². The molecule has 0 saturated carbocycles. The number of amides is 1. The molecule has 1 saturated heterocycles. The quantitative estimate of drug-likeness (QED) is 0.811. The summed E-state index contributed by atoms with van der Waals surface area (Å²) in [4.78, 5) is 26.1. The van der Waals surface area contributed by atoms with E-state index in [2.05, 4.69) is 12.1 Å². The van der Waals surface area contributed by atoms with Crippen molar-refractivity contribution in [3.05, 3.63) is 35.9 Å². The van der Waals surface area contributed by atoms with Gasteiger partial charge in [-0.1, -0.05) is 30.3 Å². The van der Waals surface area contributed by atoms with Crippen LogP contribution < -0.4 is 0 Å². The summed E-state index contributed by atoms with van der Waals surface area (Å²) >= 11 is 0. The van der Waals surface area contributed by atoms with Crippen LogP contribution in [-0.2, 0) is 16.0 Å². The van der Waals surface area contributed by atoms with Crippen LogP contribution in [0.3, 0.4) is 0 Å². The molecule has 0 radical (unpaired) electrons. The molecule has 1 heterocycles. The van der Waals surface area contributed by atoms with Gasteiger partial charge in [0.05, 0.1) is 0 Å². The number of piperidine rings is 1. The lowest BCUT2D eigenvalue weighted by Gasteiger charge is -2.33. The molecule has 1 aromatic carbocycles. The number of carbonyl (C=O) groups is 2. The highest BCUT2D eigenvalue weighted by atomic mass is 16.6. The summed E-state index contributed by atoms with van der Waals surface area (Å²) in [7, 11) is 0. The Morgan fingerprint density at radius 1 is 1.12 bits per heavy atom. The summed E-state index contributed by atoms with van der Waals surface area (Å²) in [6, 6.07) is 10.3. The second-order valence-electron chi connectivity index (χ2n) is 7.55. The molecule has 0 aliphatic carbocycles. The Kier molecular flexibility index (Phi) is 6.41. The molecule has 0 N–H and O–H groups in total. The van der Waals surface area contributed by atoms with E-state index in [4.69, 9.17) is 4.74 Å². The number of hydrogen-bond acceptors (Lipinski definition) is 3. The maximum absolute atomic E-state index is 12.4. The fourth-order valence-corrected chi connectivity index (χ4v) is 3.03. The maximum atomic E-state index is 12.4. The molecule has 1 aliphatic rings. The molecule has 132 valence electrons. The van der Waals surface area contributed by atoms with Crippen LogP contribution in [0.1, 0.15) is 52.0 Å². The van der Waals surface area contributed by atoms with E-state index in [1.807, 2.05) is 39.0 Å². The Hall–Kier alpha value is -1.84. The van der Waals surface area contributed by atoms with Gasteiger partial charge < -0.3 is 9.64 Å². The second kappa shape index (κ2) is 8.32. The first kappa shape index (κ1) is 18.5. The van der Waals surface area contributed by atoms with Gasteiger partial charge in [0.2, 0.25) is 0 Å². The lowest BCUT2D eigenvalue weighted by atomic mass is 9.90. The molecule has 1 aliphatic heterocycles. The normalized spacial score (nSPS) is 16.0. The summed E-state index contributed by atoms with van der Waals surface area (Å²) in [6.45, 7) is 6.84. The van der Waals surface area contributed by atoms with Crippen molar-refractivity contribution in [1.82, 2.24) is 4.90 Å².